The predicted molar refractivity (Wildman–Crippen MR) is 52.5 cm³/mol. The Balaban J connectivity index is 2.59. The Morgan fingerprint density at radius 1 is 1.46 bits per heavy atom. The minimum atomic E-state index is -0.550. The van der Waals surface area contributed by atoms with Crippen LogP contribution < -0.4 is 0 Å². The van der Waals surface area contributed by atoms with E-state index in [0.717, 1.165) is 38.4 Å². The third-order valence-electron chi connectivity index (χ3n) is 3.36. The second kappa shape index (κ2) is 3.79. The zero-order valence-electron chi connectivity index (χ0n) is 8.68. The monoisotopic (exact) mass is 184 g/mol. The molecule has 1 atom stereocenters. The molecule has 0 bridgehead atoms. The highest BCUT2D eigenvalue weighted by molar-refractivity contribution is 5.58. The van der Waals surface area contributed by atoms with Gasteiger partial charge in [-0.05, 0) is 25.7 Å². The number of rotatable bonds is 4. The molecule has 0 aromatic carbocycles. The molecular formula is C11H20O2. The molecule has 76 valence electrons. The fourth-order valence-electron chi connectivity index (χ4n) is 2.21. The van der Waals surface area contributed by atoms with Crippen molar-refractivity contribution < 1.29 is 9.90 Å². The minimum absolute atomic E-state index is 0.320. The van der Waals surface area contributed by atoms with Gasteiger partial charge in [-0.3, -0.25) is 0 Å². The summed E-state index contributed by atoms with van der Waals surface area (Å²) in [4.78, 5) is 10.9. The van der Waals surface area contributed by atoms with Crippen LogP contribution in [0, 0.1) is 5.41 Å². The summed E-state index contributed by atoms with van der Waals surface area (Å²) >= 11 is 0. The van der Waals surface area contributed by atoms with Crippen molar-refractivity contribution in [3.63, 3.8) is 0 Å². The Kier molecular flexibility index (Phi) is 3.12. The standard InChI is InChI=1S/C11H20O2/c1-3-10(2,9-12)8-11(13)6-4-5-7-11/h9,13H,3-8H2,1-2H3. The van der Waals surface area contributed by atoms with E-state index in [-0.39, 0.29) is 5.41 Å². The number of aliphatic hydroxyl groups is 1. The van der Waals surface area contributed by atoms with E-state index in [1.54, 1.807) is 0 Å². The number of carbonyl (C=O) groups is 1. The Morgan fingerprint density at radius 2 is 2.00 bits per heavy atom. The lowest BCUT2D eigenvalue weighted by Gasteiger charge is -2.31. The van der Waals surface area contributed by atoms with Crippen molar-refractivity contribution in [1.29, 1.82) is 0 Å². The van der Waals surface area contributed by atoms with E-state index >= 15 is 0 Å². The first-order valence-corrected chi connectivity index (χ1v) is 5.22. The molecule has 13 heavy (non-hydrogen) atoms. The molecule has 0 aromatic heterocycles. The lowest BCUT2D eigenvalue weighted by Crippen LogP contribution is -2.33. The summed E-state index contributed by atoms with van der Waals surface area (Å²) in [5, 5.41) is 10.1. The quantitative estimate of drug-likeness (QED) is 0.681. The van der Waals surface area contributed by atoms with Gasteiger partial charge < -0.3 is 9.90 Å². The second-order valence-corrected chi connectivity index (χ2v) is 4.73. The van der Waals surface area contributed by atoms with Gasteiger partial charge in [0, 0.05) is 5.41 Å². The van der Waals surface area contributed by atoms with E-state index in [4.69, 9.17) is 0 Å². The van der Waals surface area contributed by atoms with Crippen molar-refractivity contribution in [2.45, 2.75) is 58.0 Å². The summed E-state index contributed by atoms with van der Waals surface area (Å²) in [5.74, 6) is 0. The molecule has 0 saturated heterocycles. The molecule has 0 aromatic rings. The van der Waals surface area contributed by atoms with Crippen LogP contribution in [0.15, 0.2) is 0 Å². The van der Waals surface area contributed by atoms with Crippen LogP contribution in [0.2, 0.25) is 0 Å². The Morgan fingerprint density at radius 3 is 2.38 bits per heavy atom. The maximum atomic E-state index is 10.9. The Bertz CT molecular complexity index is 183. The van der Waals surface area contributed by atoms with Crippen LogP contribution in [0.1, 0.15) is 52.4 Å². The summed E-state index contributed by atoms with van der Waals surface area (Å²) in [6, 6.07) is 0. The highest BCUT2D eigenvalue weighted by Gasteiger charge is 2.38. The zero-order valence-corrected chi connectivity index (χ0v) is 8.68. The van der Waals surface area contributed by atoms with Crippen LogP contribution in [0.5, 0.6) is 0 Å². The summed E-state index contributed by atoms with van der Waals surface area (Å²) in [7, 11) is 0. The van der Waals surface area contributed by atoms with Gasteiger partial charge in [-0.15, -0.1) is 0 Å². The van der Waals surface area contributed by atoms with Gasteiger partial charge in [-0.2, -0.15) is 0 Å². The van der Waals surface area contributed by atoms with Crippen LogP contribution >= 0.6 is 0 Å². The molecular weight excluding hydrogens is 164 g/mol. The summed E-state index contributed by atoms with van der Waals surface area (Å²) in [6.07, 6.45) is 6.42. The van der Waals surface area contributed by atoms with Gasteiger partial charge in [-0.25, -0.2) is 0 Å². The molecule has 0 spiro atoms. The molecule has 1 fully saturated rings. The van der Waals surface area contributed by atoms with E-state index in [2.05, 4.69) is 0 Å². The number of hydrogen-bond acceptors (Lipinski definition) is 2. The molecule has 0 aliphatic heterocycles. The molecule has 2 heteroatoms. The minimum Gasteiger partial charge on any atom is -0.390 e. The van der Waals surface area contributed by atoms with E-state index in [1.165, 1.54) is 0 Å². The van der Waals surface area contributed by atoms with E-state index < -0.39 is 5.60 Å². The largest absolute Gasteiger partial charge is 0.390 e. The first-order chi connectivity index (χ1) is 6.04. The zero-order chi connectivity index (χ0) is 9.95. The third-order valence-corrected chi connectivity index (χ3v) is 3.36. The van der Waals surface area contributed by atoms with Crippen molar-refractivity contribution in [2.24, 2.45) is 5.41 Å². The molecule has 2 nitrogen and oxygen atoms in total. The molecule has 0 heterocycles. The van der Waals surface area contributed by atoms with E-state index in [0.29, 0.717) is 6.42 Å². The fraction of sp³-hybridized carbons (Fsp3) is 0.909. The van der Waals surface area contributed by atoms with Gasteiger partial charge in [0.2, 0.25) is 0 Å². The van der Waals surface area contributed by atoms with Gasteiger partial charge in [-0.1, -0.05) is 26.7 Å². The highest BCUT2D eigenvalue weighted by Crippen LogP contribution is 2.39. The van der Waals surface area contributed by atoms with Crippen LogP contribution in [0.25, 0.3) is 0 Å². The third kappa shape index (κ3) is 2.53. The van der Waals surface area contributed by atoms with Gasteiger partial charge >= 0.3 is 0 Å². The second-order valence-electron chi connectivity index (χ2n) is 4.73. The van der Waals surface area contributed by atoms with Crippen molar-refractivity contribution in [1.82, 2.24) is 0 Å². The average molecular weight is 184 g/mol. The van der Waals surface area contributed by atoms with Gasteiger partial charge in [0.15, 0.2) is 0 Å². The summed E-state index contributed by atoms with van der Waals surface area (Å²) in [5.41, 5.74) is -0.870. The maximum Gasteiger partial charge on any atom is 0.125 e. The molecule has 0 radical (unpaired) electrons. The fourth-order valence-corrected chi connectivity index (χ4v) is 2.21. The molecule has 0 amide bonds. The first-order valence-electron chi connectivity index (χ1n) is 5.22. The van der Waals surface area contributed by atoms with Gasteiger partial charge in [0.1, 0.15) is 6.29 Å². The van der Waals surface area contributed by atoms with Crippen molar-refractivity contribution in [2.75, 3.05) is 0 Å². The SMILES string of the molecule is CCC(C)(C=O)CC1(O)CCCC1. The van der Waals surface area contributed by atoms with Crippen molar-refractivity contribution >= 4 is 6.29 Å². The van der Waals surface area contributed by atoms with Gasteiger partial charge in [0.25, 0.3) is 0 Å². The number of hydrogen-bond donors (Lipinski definition) is 1. The maximum absolute atomic E-state index is 10.9. The smallest absolute Gasteiger partial charge is 0.125 e. The van der Waals surface area contributed by atoms with E-state index in [1.807, 2.05) is 13.8 Å². The number of carbonyl (C=O) groups excluding carboxylic acids is 1. The highest BCUT2D eigenvalue weighted by atomic mass is 16.3. The topological polar surface area (TPSA) is 37.3 Å². The molecule has 1 saturated carbocycles. The summed E-state index contributed by atoms with van der Waals surface area (Å²) < 4.78 is 0. The lowest BCUT2D eigenvalue weighted by molar-refractivity contribution is -0.119. The molecule has 1 unspecified atom stereocenters. The van der Waals surface area contributed by atoms with Crippen molar-refractivity contribution in [3.05, 3.63) is 0 Å². The van der Waals surface area contributed by atoms with Crippen LogP contribution in [-0.2, 0) is 4.79 Å². The number of aldehydes is 1. The van der Waals surface area contributed by atoms with Crippen LogP contribution in [0.3, 0.4) is 0 Å². The molecule has 1 N–H and O–H groups in total. The van der Waals surface area contributed by atoms with E-state index in [9.17, 15) is 9.90 Å². The normalized spacial score (nSPS) is 25.5. The van der Waals surface area contributed by atoms with Crippen LogP contribution in [-0.4, -0.2) is 17.0 Å². The molecule has 1 aliphatic carbocycles. The molecule has 1 aliphatic rings. The Labute approximate surface area is 80.3 Å². The average Bonchev–Trinajstić information content (AvgIpc) is 2.51. The van der Waals surface area contributed by atoms with Gasteiger partial charge in [0.05, 0.1) is 5.60 Å². The van der Waals surface area contributed by atoms with Crippen molar-refractivity contribution in [3.8, 4) is 0 Å². The lowest BCUT2D eigenvalue weighted by atomic mass is 9.77. The first kappa shape index (κ1) is 10.7. The summed E-state index contributed by atoms with van der Waals surface area (Å²) in [6.45, 7) is 3.95. The predicted octanol–water partition coefficient (Wildman–Crippen LogP) is 2.30. The Hall–Kier alpha value is -0.370. The van der Waals surface area contributed by atoms with Crippen LogP contribution in [0.4, 0.5) is 0 Å². The molecule has 1 rings (SSSR count).